The van der Waals surface area contributed by atoms with Gasteiger partial charge in [0, 0.05) is 5.02 Å². The Hall–Kier alpha value is -1.45. The van der Waals surface area contributed by atoms with Gasteiger partial charge in [-0.05, 0) is 23.3 Å². The average Bonchev–Trinajstić information content (AvgIpc) is 2.50. The van der Waals surface area contributed by atoms with Crippen LogP contribution in [0, 0.1) is 0 Å². The quantitative estimate of drug-likeness (QED) is 0.769. The molecule has 0 saturated heterocycles. The largest absolute Gasteiger partial charge is 0.468 e. The van der Waals surface area contributed by atoms with Gasteiger partial charge in [-0.1, -0.05) is 54.1 Å². The summed E-state index contributed by atoms with van der Waals surface area (Å²) in [7, 11) is 1.41. The van der Waals surface area contributed by atoms with Gasteiger partial charge in [0.15, 0.2) is 0 Å². The van der Waals surface area contributed by atoms with E-state index in [1.807, 2.05) is 42.5 Å². The minimum Gasteiger partial charge on any atom is -0.468 e. The molecule has 0 aliphatic heterocycles. The minimum absolute atomic E-state index is 0.0903. The molecule has 2 aromatic carbocycles. The molecule has 0 bridgehead atoms. The highest BCUT2D eigenvalue weighted by Gasteiger charge is 2.16. The summed E-state index contributed by atoms with van der Waals surface area (Å²) in [5.74, 6) is 0.100. The maximum Gasteiger partial charge on any atom is 0.315 e. The van der Waals surface area contributed by atoms with Crippen molar-refractivity contribution in [2.75, 3.05) is 12.9 Å². The Morgan fingerprint density at radius 1 is 1.10 bits per heavy atom. The molecule has 0 spiro atoms. The lowest BCUT2D eigenvalue weighted by Gasteiger charge is -2.17. The van der Waals surface area contributed by atoms with Crippen molar-refractivity contribution < 1.29 is 9.53 Å². The first-order valence-corrected chi connectivity index (χ1v) is 7.62. The van der Waals surface area contributed by atoms with E-state index >= 15 is 0 Å². The molecule has 1 atom stereocenters. The highest BCUT2D eigenvalue weighted by Crippen LogP contribution is 2.35. The minimum atomic E-state index is -0.218. The van der Waals surface area contributed by atoms with E-state index in [0.717, 1.165) is 11.1 Å². The molecule has 0 fully saturated rings. The van der Waals surface area contributed by atoms with E-state index < -0.39 is 0 Å². The zero-order valence-electron chi connectivity index (χ0n) is 11.1. The smallest absolute Gasteiger partial charge is 0.315 e. The number of methoxy groups -OCH3 is 1. The van der Waals surface area contributed by atoms with E-state index in [-0.39, 0.29) is 11.2 Å². The maximum absolute atomic E-state index is 11.4. The standard InChI is InChI=1S/C16H15ClO2S/c1-19-15(18)11-20-16(12-5-3-2-4-6-12)13-7-9-14(17)10-8-13/h2-10,16H,11H2,1H3. The van der Waals surface area contributed by atoms with E-state index in [1.165, 1.54) is 7.11 Å². The monoisotopic (exact) mass is 306 g/mol. The van der Waals surface area contributed by atoms with Crippen molar-refractivity contribution in [1.29, 1.82) is 0 Å². The highest BCUT2D eigenvalue weighted by molar-refractivity contribution is 8.00. The summed E-state index contributed by atoms with van der Waals surface area (Å²) in [5.41, 5.74) is 2.28. The summed E-state index contributed by atoms with van der Waals surface area (Å²) < 4.78 is 4.71. The van der Waals surface area contributed by atoms with Crippen molar-refractivity contribution in [3.05, 3.63) is 70.7 Å². The van der Waals surface area contributed by atoms with Gasteiger partial charge in [-0.15, -0.1) is 11.8 Å². The molecule has 0 saturated carbocycles. The molecule has 1 unspecified atom stereocenters. The molecule has 0 heterocycles. The molecule has 2 aromatic rings. The van der Waals surface area contributed by atoms with Gasteiger partial charge in [-0.25, -0.2) is 0 Å². The third-order valence-electron chi connectivity index (χ3n) is 2.87. The van der Waals surface area contributed by atoms with Crippen molar-refractivity contribution in [3.63, 3.8) is 0 Å². The van der Waals surface area contributed by atoms with Crippen molar-refractivity contribution in [2.24, 2.45) is 0 Å². The molecule has 0 aliphatic rings. The SMILES string of the molecule is COC(=O)CSC(c1ccccc1)c1ccc(Cl)cc1. The third-order valence-corrected chi connectivity index (χ3v) is 4.40. The zero-order valence-corrected chi connectivity index (χ0v) is 12.7. The number of hydrogen-bond donors (Lipinski definition) is 0. The third kappa shape index (κ3) is 4.02. The second kappa shape index (κ2) is 7.36. The number of thioether (sulfide) groups is 1. The molecule has 0 N–H and O–H groups in total. The van der Waals surface area contributed by atoms with E-state index in [1.54, 1.807) is 11.8 Å². The molecule has 4 heteroatoms. The van der Waals surface area contributed by atoms with Crippen LogP contribution in [0.3, 0.4) is 0 Å². The molecule has 0 amide bonds. The Kier molecular flexibility index (Phi) is 5.50. The molecule has 0 radical (unpaired) electrons. The molecular formula is C16H15ClO2S. The van der Waals surface area contributed by atoms with Crippen LogP contribution in [0.2, 0.25) is 5.02 Å². The fraction of sp³-hybridized carbons (Fsp3) is 0.188. The van der Waals surface area contributed by atoms with E-state index in [4.69, 9.17) is 16.3 Å². The lowest BCUT2D eigenvalue weighted by atomic mass is 10.0. The topological polar surface area (TPSA) is 26.3 Å². The van der Waals surface area contributed by atoms with Gasteiger partial charge in [0.05, 0.1) is 18.1 Å². The Bertz CT molecular complexity index is 554. The number of ether oxygens (including phenoxy) is 1. The molecule has 2 rings (SSSR count). The highest BCUT2D eigenvalue weighted by atomic mass is 35.5. The fourth-order valence-corrected chi connectivity index (χ4v) is 3.11. The van der Waals surface area contributed by atoms with Crippen molar-refractivity contribution in [3.8, 4) is 0 Å². The van der Waals surface area contributed by atoms with Gasteiger partial charge in [0.1, 0.15) is 0 Å². The molecular weight excluding hydrogens is 292 g/mol. The van der Waals surface area contributed by atoms with Crippen LogP contribution >= 0.6 is 23.4 Å². The Balaban J connectivity index is 2.24. The van der Waals surface area contributed by atoms with Gasteiger partial charge in [0.25, 0.3) is 0 Å². The number of carbonyl (C=O) groups excluding carboxylic acids is 1. The van der Waals surface area contributed by atoms with Crippen LogP contribution in [-0.4, -0.2) is 18.8 Å². The summed E-state index contributed by atoms with van der Waals surface area (Å²) in [6.07, 6.45) is 0. The Morgan fingerprint density at radius 2 is 1.70 bits per heavy atom. The van der Waals surface area contributed by atoms with Crippen LogP contribution < -0.4 is 0 Å². The van der Waals surface area contributed by atoms with Gasteiger partial charge in [-0.2, -0.15) is 0 Å². The normalized spacial score (nSPS) is 11.9. The molecule has 20 heavy (non-hydrogen) atoms. The second-order valence-electron chi connectivity index (χ2n) is 4.23. The zero-order chi connectivity index (χ0) is 14.4. The lowest BCUT2D eigenvalue weighted by molar-refractivity contribution is -0.137. The van der Waals surface area contributed by atoms with Crippen molar-refractivity contribution >= 4 is 29.3 Å². The number of esters is 1. The number of hydrogen-bond acceptors (Lipinski definition) is 3. The summed E-state index contributed by atoms with van der Waals surface area (Å²) in [6, 6.07) is 17.8. The van der Waals surface area contributed by atoms with Crippen molar-refractivity contribution in [2.45, 2.75) is 5.25 Å². The number of benzene rings is 2. The summed E-state index contributed by atoms with van der Waals surface area (Å²) in [5, 5.41) is 0.797. The van der Waals surface area contributed by atoms with E-state index in [2.05, 4.69) is 12.1 Å². The predicted octanol–water partition coefficient (Wildman–Crippen LogP) is 4.34. The maximum atomic E-state index is 11.4. The summed E-state index contributed by atoms with van der Waals surface area (Å²) >= 11 is 7.48. The van der Waals surface area contributed by atoms with Crippen LogP contribution in [0.5, 0.6) is 0 Å². The van der Waals surface area contributed by atoms with Gasteiger partial charge >= 0.3 is 5.97 Å². The fourth-order valence-electron chi connectivity index (χ4n) is 1.86. The molecule has 0 aliphatic carbocycles. The number of halogens is 1. The van der Waals surface area contributed by atoms with Crippen molar-refractivity contribution in [1.82, 2.24) is 0 Å². The van der Waals surface area contributed by atoms with Crippen LogP contribution in [0.25, 0.3) is 0 Å². The van der Waals surface area contributed by atoms with Crippen LogP contribution in [0.4, 0.5) is 0 Å². The van der Waals surface area contributed by atoms with Crippen LogP contribution in [-0.2, 0) is 9.53 Å². The van der Waals surface area contributed by atoms with Crippen LogP contribution in [0.1, 0.15) is 16.4 Å². The number of rotatable bonds is 5. The van der Waals surface area contributed by atoms with Gasteiger partial charge in [0.2, 0.25) is 0 Å². The second-order valence-corrected chi connectivity index (χ2v) is 5.76. The van der Waals surface area contributed by atoms with Gasteiger partial charge in [-0.3, -0.25) is 4.79 Å². The summed E-state index contributed by atoms with van der Waals surface area (Å²) in [4.78, 5) is 11.4. The average molecular weight is 307 g/mol. The first-order chi connectivity index (χ1) is 9.70. The number of carbonyl (C=O) groups is 1. The van der Waals surface area contributed by atoms with Gasteiger partial charge < -0.3 is 4.74 Å². The predicted molar refractivity (Wildman–Crippen MR) is 84.2 cm³/mol. The van der Waals surface area contributed by atoms with Crippen LogP contribution in [0.15, 0.2) is 54.6 Å². The first-order valence-electron chi connectivity index (χ1n) is 6.19. The molecule has 2 nitrogen and oxygen atoms in total. The first kappa shape index (κ1) is 14.9. The van der Waals surface area contributed by atoms with E-state index in [9.17, 15) is 4.79 Å². The molecule has 0 aromatic heterocycles. The lowest BCUT2D eigenvalue weighted by Crippen LogP contribution is -2.06. The molecule has 104 valence electrons. The van der Waals surface area contributed by atoms with E-state index in [0.29, 0.717) is 10.8 Å². The Morgan fingerprint density at radius 3 is 2.30 bits per heavy atom. The summed E-state index contributed by atoms with van der Waals surface area (Å²) in [6.45, 7) is 0. The Labute approximate surface area is 128 Å².